The number of ether oxygens (including phenoxy) is 1. The number of fused-ring (bicyclic) bond motifs is 1. The Morgan fingerprint density at radius 2 is 1.74 bits per heavy atom. The molecule has 0 aliphatic rings. The van der Waals surface area contributed by atoms with Crippen LogP contribution in [0.15, 0.2) is 73.3 Å². The van der Waals surface area contributed by atoms with E-state index >= 15 is 0 Å². The molecule has 178 valence electrons. The summed E-state index contributed by atoms with van der Waals surface area (Å²) < 4.78 is 22.0. The van der Waals surface area contributed by atoms with Crippen LogP contribution >= 0.6 is 0 Å². The smallest absolute Gasteiger partial charge is 0.143 e. The fourth-order valence-electron chi connectivity index (χ4n) is 4.01. The van der Waals surface area contributed by atoms with Gasteiger partial charge in [-0.25, -0.2) is 14.4 Å². The first-order chi connectivity index (χ1) is 16.9. The Balaban J connectivity index is 1.68. The zero-order chi connectivity index (χ0) is 24.4. The van der Waals surface area contributed by atoms with Crippen LogP contribution in [0.4, 0.5) is 4.39 Å². The minimum atomic E-state index is -1.24. The number of hydrogen-bond acceptors (Lipinski definition) is 4. The first-order valence-corrected chi connectivity index (χ1v) is 15.4. The highest BCUT2D eigenvalue weighted by atomic mass is 28.3. The molecule has 0 saturated carbocycles. The van der Waals surface area contributed by atoms with E-state index in [0.29, 0.717) is 19.2 Å². The largest absolute Gasteiger partial charge is 0.361 e. The first-order valence-electron chi connectivity index (χ1n) is 11.7. The minimum absolute atomic E-state index is 0.282. The summed E-state index contributed by atoms with van der Waals surface area (Å²) in [5, 5.41) is 1.01. The fourth-order valence-corrected chi connectivity index (χ4v) is 4.76. The molecule has 5 aromatic rings. The maximum atomic E-state index is 13.7. The zero-order valence-corrected chi connectivity index (χ0v) is 21.1. The standard InChI is InChI=1S/C27H28FN5OSi/c1-35(2,3)15-14-34-18-33-25(22-16-21-10-13-30-26(21)31-17-22)24(19-8-11-29-12-9-19)32-27(33)20-4-6-23(28)7-5-20/h4-13,16-17H,14-15,18H2,1-3H3,(H,30,31). The number of benzene rings is 1. The molecular formula is C27H28FN5OSi. The molecule has 6 nitrogen and oxygen atoms in total. The van der Waals surface area contributed by atoms with Crippen LogP contribution in [0, 0.1) is 5.82 Å². The van der Waals surface area contributed by atoms with E-state index in [1.807, 2.05) is 30.6 Å². The third-order valence-corrected chi connectivity index (χ3v) is 7.62. The van der Waals surface area contributed by atoms with Crippen molar-refractivity contribution in [1.29, 1.82) is 0 Å². The van der Waals surface area contributed by atoms with Gasteiger partial charge < -0.3 is 9.72 Å². The third kappa shape index (κ3) is 5.08. The summed E-state index contributed by atoms with van der Waals surface area (Å²) in [5.74, 6) is 0.434. The van der Waals surface area contributed by atoms with Crippen molar-refractivity contribution in [3.05, 3.63) is 79.1 Å². The second-order valence-corrected chi connectivity index (χ2v) is 15.4. The first kappa shape index (κ1) is 23.1. The Bertz CT molecular complexity index is 1440. The summed E-state index contributed by atoms with van der Waals surface area (Å²) in [6.07, 6.45) is 7.25. The predicted octanol–water partition coefficient (Wildman–Crippen LogP) is 6.61. The fraction of sp³-hybridized carbons (Fsp3) is 0.222. The summed E-state index contributed by atoms with van der Waals surface area (Å²) >= 11 is 0. The lowest BCUT2D eigenvalue weighted by Gasteiger charge is -2.17. The number of hydrogen-bond donors (Lipinski definition) is 1. The Morgan fingerprint density at radius 1 is 0.971 bits per heavy atom. The highest BCUT2D eigenvalue weighted by molar-refractivity contribution is 6.76. The molecular weight excluding hydrogens is 457 g/mol. The molecule has 0 spiro atoms. The SMILES string of the molecule is C[Si](C)(C)CCOCn1c(-c2ccc(F)cc2)nc(-c2ccncc2)c1-c1cnc2[nH]ccc2c1. The number of H-pyrrole nitrogens is 1. The summed E-state index contributed by atoms with van der Waals surface area (Å²) in [7, 11) is -1.24. The van der Waals surface area contributed by atoms with Crippen LogP contribution in [0.25, 0.3) is 44.9 Å². The summed E-state index contributed by atoms with van der Waals surface area (Å²) in [6.45, 7) is 8.01. The summed E-state index contributed by atoms with van der Waals surface area (Å²) in [6, 6.07) is 15.5. The molecule has 4 aromatic heterocycles. The molecule has 35 heavy (non-hydrogen) atoms. The van der Waals surface area contributed by atoms with Gasteiger partial charge in [0.05, 0.1) is 11.4 Å². The second kappa shape index (κ2) is 9.56. The highest BCUT2D eigenvalue weighted by Gasteiger charge is 2.22. The zero-order valence-electron chi connectivity index (χ0n) is 20.1. The number of aromatic nitrogens is 5. The molecule has 0 fully saturated rings. The number of halogens is 1. The molecule has 0 radical (unpaired) electrons. The molecule has 0 unspecified atom stereocenters. The van der Waals surface area contributed by atoms with E-state index in [0.717, 1.165) is 45.2 Å². The third-order valence-electron chi connectivity index (χ3n) is 5.91. The summed E-state index contributed by atoms with van der Waals surface area (Å²) in [5.41, 5.74) is 5.22. The Morgan fingerprint density at radius 3 is 2.49 bits per heavy atom. The highest BCUT2D eigenvalue weighted by Crippen LogP contribution is 2.37. The topological polar surface area (TPSA) is 68.6 Å². The van der Waals surface area contributed by atoms with Gasteiger partial charge in [0.1, 0.15) is 24.0 Å². The number of pyridine rings is 2. The van der Waals surface area contributed by atoms with Crippen LogP contribution in [0.2, 0.25) is 25.7 Å². The molecule has 0 atom stereocenters. The Labute approximate surface area is 204 Å². The van der Waals surface area contributed by atoms with Crippen LogP contribution in [0.5, 0.6) is 0 Å². The van der Waals surface area contributed by atoms with Crippen molar-refractivity contribution in [2.45, 2.75) is 32.4 Å². The number of aromatic amines is 1. The van der Waals surface area contributed by atoms with Gasteiger partial charge in [-0.1, -0.05) is 19.6 Å². The maximum Gasteiger partial charge on any atom is 0.143 e. The van der Waals surface area contributed by atoms with Crippen molar-refractivity contribution in [1.82, 2.24) is 24.5 Å². The number of rotatable bonds is 8. The molecule has 0 bridgehead atoms. The van der Waals surface area contributed by atoms with E-state index in [1.54, 1.807) is 24.5 Å². The Hall–Kier alpha value is -3.62. The molecule has 5 rings (SSSR count). The van der Waals surface area contributed by atoms with E-state index in [2.05, 4.69) is 45.2 Å². The quantitative estimate of drug-likeness (QED) is 0.198. The lowest BCUT2D eigenvalue weighted by molar-refractivity contribution is 0.0893. The van der Waals surface area contributed by atoms with Crippen LogP contribution in [-0.2, 0) is 11.5 Å². The van der Waals surface area contributed by atoms with E-state index in [9.17, 15) is 4.39 Å². The van der Waals surface area contributed by atoms with E-state index < -0.39 is 8.07 Å². The second-order valence-electron chi connectivity index (χ2n) is 9.79. The molecule has 1 N–H and O–H groups in total. The average molecular weight is 486 g/mol. The molecule has 1 aromatic carbocycles. The van der Waals surface area contributed by atoms with Crippen molar-refractivity contribution in [3.8, 4) is 33.9 Å². The van der Waals surface area contributed by atoms with Crippen LogP contribution in [-0.4, -0.2) is 39.2 Å². The van der Waals surface area contributed by atoms with E-state index in [-0.39, 0.29) is 5.82 Å². The van der Waals surface area contributed by atoms with Crippen LogP contribution < -0.4 is 0 Å². The van der Waals surface area contributed by atoms with Crippen molar-refractivity contribution < 1.29 is 9.13 Å². The molecule has 0 saturated heterocycles. The molecule has 4 heterocycles. The molecule has 0 amide bonds. The van der Waals surface area contributed by atoms with Gasteiger partial charge in [0.15, 0.2) is 0 Å². The van der Waals surface area contributed by atoms with Gasteiger partial charge >= 0.3 is 0 Å². The maximum absolute atomic E-state index is 13.7. The van der Waals surface area contributed by atoms with Crippen molar-refractivity contribution >= 4 is 19.1 Å². The minimum Gasteiger partial charge on any atom is -0.361 e. The van der Waals surface area contributed by atoms with Gasteiger partial charge in [0.2, 0.25) is 0 Å². The molecule has 0 aliphatic heterocycles. The lowest BCUT2D eigenvalue weighted by Crippen LogP contribution is -2.22. The van der Waals surface area contributed by atoms with Gasteiger partial charge in [-0.15, -0.1) is 0 Å². The van der Waals surface area contributed by atoms with Gasteiger partial charge in [-0.3, -0.25) is 9.55 Å². The number of nitrogens with zero attached hydrogens (tertiary/aromatic N) is 4. The van der Waals surface area contributed by atoms with E-state index in [4.69, 9.17) is 9.72 Å². The van der Waals surface area contributed by atoms with Crippen molar-refractivity contribution in [2.24, 2.45) is 0 Å². The summed E-state index contributed by atoms with van der Waals surface area (Å²) in [4.78, 5) is 17.0. The number of imidazole rings is 1. The Kier molecular flexibility index (Phi) is 6.32. The number of nitrogens with one attached hydrogen (secondary N) is 1. The van der Waals surface area contributed by atoms with Crippen LogP contribution in [0.3, 0.4) is 0 Å². The van der Waals surface area contributed by atoms with Gasteiger partial charge in [-0.05, 0) is 54.6 Å². The van der Waals surface area contributed by atoms with Gasteiger partial charge in [-0.2, -0.15) is 0 Å². The molecule has 0 aliphatic carbocycles. The van der Waals surface area contributed by atoms with Crippen molar-refractivity contribution in [2.75, 3.05) is 6.61 Å². The van der Waals surface area contributed by atoms with Gasteiger partial charge in [0, 0.05) is 61.5 Å². The lowest BCUT2D eigenvalue weighted by atomic mass is 10.1. The van der Waals surface area contributed by atoms with Crippen molar-refractivity contribution in [3.63, 3.8) is 0 Å². The van der Waals surface area contributed by atoms with Crippen LogP contribution in [0.1, 0.15) is 0 Å². The van der Waals surface area contributed by atoms with E-state index in [1.165, 1.54) is 12.1 Å². The van der Waals surface area contributed by atoms with Gasteiger partial charge in [0.25, 0.3) is 0 Å². The normalized spacial score (nSPS) is 11.9. The predicted molar refractivity (Wildman–Crippen MR) is 140 cm³/mol. The monoisotopic (exact) mass is 485 g/mol. The molecule has 8 heteroatoms. The average Bonchev–Trinajstić information content (AvgIpc) is 3.46.